The number of methoxy groups -OCH3 is 1. The van der Waals surface area contributed by atoms with Crippen molar-refractivity contribution in [3.8, 4) is 0 Å². The summed E-state index contributed by atoms with van der Waals surface area (Å²) in [7, 11) is 1.30. The zero-order chi connectivity index (χ0) is 11.7. The van der Waals surface area contributed by atoms with Crippen molar-refractivity contribution in [1.29, 1.82) is 0 Å². The Morgan fingerprint density at radius 1 is 1.56 bits per heavy atom. The molecule has 0 N–H and O–H groups in total. The topological polar surface area (TPSA) is 77.3 Å². The fraction of sp³-hybridized carbons (Fsp3) is 0.556. The molecule has 0 saturated carbocycles. The molecule has 1 amide bonds. The van der Waals surface area contributed by atoms with Crippen LogP contribution in [0.4, 0.5) is 0 Å². The summed E-state index contributed by atoms with van der Waals surface area (Å²) in [6, 6.07) is -0.582. The van der Waals surface area contributed by atoms with Gasteiger partial charge in [0.1, 0.15) is 12.6 Å². The van der Waals surface area contributed by atoms with Gasteiger partial charge in [0, 0.05) is 0 Å². The molecule has 2 rings (SSSR count). The third kappa shape index (κ3) is 1.64. The number of rotatable bonds is 2. The van der Waals surface area contributed by atoms with Gasteiger partial charge in [-0.05, 0) is 6.92 Å². The Bertz CT molecular complexity index is 428. The van der Waals surface area contributed by atoms with Crippen LogP contribution in [-0.2, 0) is 27.4 Å². The van der Waals surface area contributed by atoms with Crippen LogP contribution in [0.3, 0.4) is 0 Å². The predicted molar refractivity (Wildman–Crippen MR) is 52.1 cm³/mol. The molecular formula is C9H12N4O3. The van der Waals surface area contributed by atoms with Crippen molar-refractivity contribution in [2.24, 2.45) is 0 Å². The lowest BCUT2D eigenvalue weighted by molar-refractivity contribution is -0.153. The highest BCUT2D eigenvalue weighted by Gasteiger charge is 2.31. The van der Waals surface area contributed by atoms with E-state index in [1.54, 1.807) is 13.1 Å². The van der Waals surface area contributed by atoms with E-state index >= 15 is 0 Å². The van der Waals surface area contributed by atoms with E-state index in [4.69, 9.17) is 0 Å². The van der Waals surface area contributed by atoms with Gasteiger partial charge in [-0.3, -0.25) is 4.79 Å². The van der Waals surface area contributed by atoms with Crippen LogP contribution in [0.2, 0.25) is 0 Å². The zero-order valence-corrected chi connectivity index (χ0v) is 9.08. The minimum Gasteiger partial charge on any atom is -0.467 e. The highest BCUT2D eigenvalue weighted by atomic mass is 16.5. The maximum atomic E-state index is 11.7. The third-order valence-corrected chi connectivity index (χ3v) is 2.65. The Balaban J connectivity index is 2.19. The third-order valence-electron chi connectivity index (χ3n) is 2.65. The average molecular weight is 224 g/mol. The van der Waals surface area contributed by atoms with Gasteiger partial charge < -0.3 is 9.64 Å². The van der Waals surface area contributed by atoms with E-state index in [1.165, 1.54) is 16.7 Å². The number of esters is 1. The second kappa shape index (κ2) is 3.92. The number of carbonyl (C=O) groups excluding carboxylic acids is 2. The molecule has 1 aliphatic heterocycles. The zero-order valence-electron chi connectivity index (χ0n) is 9.08. The Kier molecular flexibility index (Phi) is 2.59. The van der Waals surface area contributed by atoms with Gasteiger partial charge in [-0.15, -0.1) is 5.10 Å². The lowest BCUT2D eigenvalue weighted by Gasteiger charge is -2.30. The van der Waals surface area contributed by atoms with Gasteiger partial charge in [0.2, 0.25) is 5.91 Å². The molecule has 1 atom stereocenters. The molecule has 2 heterocycles. The SMILES string of the molecule is COC(=O)[C@H](C)N1Cc2cnnn2CC1=O. The van der Waals surface area contributed by atoms with Crippen molar-refractivity contribution in [2.75, 3.05) is 7.11 Å². The molecule has 1 aliphatic rings. The molecule has 0 aromatic carbocycles. The van der Waals surface area contributed by atoms with Crippen LogP contribution in [0.5, 0.6) is 0 Å². The standard InChI is InChI=1S/C9H12N4O3/c1-6(9(15)16-2)12-4-7-3-10-11-13(7)5-8(12)14/h3,6H,4-5H2,1-2H3/t6-/m0/s1. The Hall–Kier alpha value is -1.92. The van der Waals surface area contributed by atoms with Gasteiger partial charge in [-0.2, -0.15) is 0 Å². The van der Waals surface area contributed by atoms with Gasteiger partial charge in [0.25, 0.3) is 0 Å². The van der Waals surface area contributed by atoms with Crippen LogP contribution in [-0.4, -0.2) is 44.9 Å². The smallest absolute Gasteiger partial charge is 0.328 e. The van der Waals surface area contributed by atoms with E-state index in [2.05, 4.69) is 15.0 Å². The van der Waals surface area contributed by atoms with E-state index in [9.17, 15) is 9.59 Å². The van der Waals surface area contributed by atoms with Crippen LogP contribution < -0.4 is 0 Å². The van der Waals surface area contributed by atoms with Crippen LogP contribution in [0.25, 0.3) is 0 Å². The Morgan fingerprint density at radius 2 is 2.31 bits per heavy atom. The monoisotopic (exact) mass is 224 g/mol. The van der Waals surface area contributed by atoms with Crippen LogP contribution >= 0.6 is 0 Å². The molecule has 1 aromatic heterocycles. The summed E-state index contributed by atoms with van der Waals surface area (Å²) >= 11 is 0. The molecule has 7 nitrogen and oxygen atoms in total. The van der Waals surface area contributed by atoms with Crippen LogP contribution in [0.15, 0.2) is 6.20 Å². The molecule has 0 saturated heterocycles. The summed E-state index contributed by atoms with van der Waals surface area (Å²) in [5.41, 5.74) is 0.815. The van der Waals surface area contributed by atoms with Crippen molar-refractivity contribution in [2.45, 2.75) is 26.1 Å². The maximum absolute atomic E-state index is 11.7. The first-order valence-electron chi connectivity index (χ1n) is 4.88. The normalized spacial score (nSPS) is 16.9. The molecule has 0 aliphatic carbocycles. The fourth-order valence-corrected chi connectivity index (χ4v) is 1.67. The van der Waals surface area contributed by atoms with Gasteiger partial charge in [0.15, 0.2) is 0 Å². The summed E-state index contributed by atoms with van der Waals surface area (Å²) in [5, 5.41) is 7.48. The second-order valence-electron chi connectivity index (χ2n) is 3.60. The number of fused-ring (bicyclic) bond motifs is 1. The molecule has 7 heteroatoms. The first-order chi connectivity index (χ1) is 7.63. The van der Waals surface area contributed by atoms with Crippen LogP contribution in [0, 0.1) is 0 Å². The second-order valence-corrected chi connectivity index (χ2v) is 3.60. The van der Waals surface area contributed by atoms with E-state index in [1.807, 2.05) is 0 Å². The van der Waals surface area contributed by atoms with Gasteiger partial charge in [-0.1, -0.05) is 5.21 Å². The number of nitrogens with zero attached hydrogens (tertiary/aromatic N) is 4. The van der Waals surface area contributed by atoms with E-state index in [-0.39, 0.29) is 12.5 Å². The van der Waals surface area contributed by atoms with Crippen molar-refractivity contribution in [3.05, 3.63) is 11.9 Å². The molecule has 0 fully saturated rings. The number of ether oxygens (including phenoxy) is 1. The van der Waals surface area contributed by atoms with Crippen molar-refractivity contribution in [3.63, 3.8) is 0 Å². The molecule has 0 bridgehead atoms. The summed E-state index contributed by atoms with van der Waals surface area (Å²) in [4.78, 5) is 24.6. The van der Waals surface area contributed by atoms with E-state index < -0.39 is 12.0 Å². The van der Waals surface area contributed by atoms with Crippen molar-refractivity contribution in [1.82, 2.24) is 19.9 Å². The quantitative estimate of drug-likeness (QED) is 0.613. The number of aromatic nitrogens is 3. The first kappa shape index (κ1) is 10.6. The maximum Gasteiger partial charge on any atom is 0.328 e. The molecule has 1 aromatic rings. The molecule has 0 radical (unpaired) electrons. The molecule has 16 heavy (non-hydrogen) atoms. The summed E-state index contributed by atoms with van der Waals surface area (Å²) < 4.78 is 6.14. The number of amides is 1. The Morgan fingerprint density at radius 3 is 3.00 bits per heavy atom. The largest absolute Gasteiger partial charge is 0.467 e. The molecule has 0 unspecified atom stereocenters. The minimum absolute atomic E-state index is 0.122. The molecule has 0 spiro atoms. The first-order valence-corrected chi connectivity index (χ1v) is 4.88. The molecule has 86 valence electrons. The number of hydrogen-bond donors (Lipinski definition) is 0. The summed E-state index contributed by atoms with van der Waals surface area (Å²) in [6.07, 6.45) is 1.59. The summed E-state index contributed by atoms with van der Waals surface area (Å²) in [6.45, 7) is 2.10. The lowest BCUT2D eigenvalue weighted by Crippen LogP contribution is -2.47. The van der Waals surface area contributed by atoms with E-state index in [0.717, 1.165) is 5.69 Å². The highest BCUT2D eigenvalue weighted by Crippen LogP contribution is 2.14. The van der Waals surface area contributed by atoms with Crippen molar-refractivity contribution >= 4 is 11.9 Å². The average Bonchev–Trinajstić information content (AvgIpc) is 2.72. The minimum atomic E-state index is -0.582. The van der Waals surface area contributed by atoms with Crippen LogP contribution in [0.1, 0.15) is 12.6 Å². The van der Waals surface area contributed by atoms with Crippen molar-refractivity contribution < 1.29 is 14.3 Å². The number of hydrogen-bond acceptors (Lipinski definition) is 5. The van der Waals surface area contributed by atoms with E-state index in [0.29, 0.717) is 6.54 Å². The fourth-order valence-electron chi connectivity index (χ4n) is 1.67. The summed E-state index contributed by atoms with van der Waals surface area (Å²) in [5.74, 6) is -0.579. The van der Waals surface area contributed by atoms with Gasteiger partial charge >= 0.3 is 5.97 Å². The highest BCUT2D eigenvalue weighted by molar-refractivity contribution is 5.84. The lowest BCUT2D eigenvalue weighted by atomic mass is 10.2. The molecular weight excluding hydrogens is 212 g/mol. The number of carbonyl (C=O) groups is 2. The predicted octanol–water partition coefficient (Wildman–Crippen LogP) is -0.818. The van der Waals surface area contributed by atoms with Gasteiger partial charge in [-0.25, -0.2) is 9.48 Å². The van der Waals surface area contributed by atoms with Gasteiger partial charge in [0.05, 0.1) is 25.5 Å². The Labute approximate surface area is 92.0 Å².